The lowest BCUT2D eigenvalue weighted by Crippen LogP contribution is -2.17. The van der Waals surface area contributed by atoms with Crippen LogP contribution < -0.4 is 20.1 Å². The number of carbonyl (C=O) groups excluding carboxylic acids is 2. The second-order valence-electron chi connectivity index (χ2n) is 6.15. The standard InChI is InChI=1S/C21H18N2O4S2/c24-20(22-15-6-7-17-18(12-15)27-9-8-26-17)13-29-16-4-1-3-14(11-16)23-21(25)19-5-2-10-28-19/h1-7,10-12H,8-9,13H2,(H,22,24)(H,23,25). The molecule has 1 aliphatic rings. The second kappa shape index (κ2) is 9.02. The summed E-state index contributed by atoms with van der Waals surface area (Å²) >= 11 is 2.79. The number of fused-ring (bicyclic) bond motifs is 1. The minimum absolute atomic E-state index is 0.125. The molecule has 0 atom stereocenters. The Labute approximate surface area is 176 Å². The van der Waals surface area contributed by atoms with Crippen LogP contribution in [0.4, 0.5) is 11.4 Å². The highest BCUT2D eigenvalue weighted by atomic mass is 32.2. The highest BCUT2D eigenvalue weighted by molar-refractivity contribution is 8.00. The summed E-state index contributed by atoms with van der Waals surface area (Å²) in [5.74, 6) is 1.30. The van der Waals surface area contributed by atoms with Crippen molar-refractivity contribution in [3.05, 3.63) is 64.9 Å². The van der Waals surface area contributed by atoms with Crippen LogP contribution in [-0.2, 0) is 4.79 Å². The summed E-state index contributed by atoms with van der Waals surface area (Å²) in [5, 5.41) is 7.60. The van der Waals surface area contributed by atoms with Gasteiger partial charge in [0.05, 0.1) is 10.6 Å². The van der Waals surface area contributed by atoms with E-state index >= 15 is 0 Å². The number of amides is 2. The number of benzene rings is 2. The van der Waals surface area contributed by atoms with Gasteiger partial charge < -0.3 is 20.1 Å². The highest BCUT2D eigenvalue weighted by Crippen LogP contribution is 2.32. The van der Waals surface area contributed by atoms with Gasteiger partial charge in [-0.2, -0.15) is 0 Å². The lowest BCUT2D eigenvalue weighted by Gasteiger charge is -2.19. The molecule has 2 heterocycles. The Bertz CT molecular complexity index is 1020. The van der Waals surface area contributed by atoms with Gasteiger partial charge in [0, 0.05) is 22.3 Å². The second-order valence-corrected chi connectivity index (χ2v) is 8.15. The molecule has 1 aromatic heterocycles. The summed E-state index contributed by atoms with van der Waals surface area (Å²) in [6, 6.07) is 16.4. The number of anilines is 2. The lowest BCUT2D eigenvalue weighted by molar-refractivity contribution is -0.113. The predicted octanol–water partition coefficient (Wildman–Crippen LogP) is 4.50. The van der Waals surface area contributed by atoms with Crippen LogP contribution >= 0.6 is 23.1 Å². The van der Waals surface area contributed by atoms with Crippen LogP contribution in [0.5, 0.6) is 11.5 Å². The molecular formula is C21H18N2O4S2. The van der Waals surface area contributed by atoms with Gasteiger partial charge >= 0.3 is 0 Å². The summed E-state index contributed by atoms with van der Waals surface area (Å²) < 4.78 is 11.0. The molecule has 29 heavy (non-hydrogen) atoms. The molecular weight excluding hydrogens is 408 g/mol. The van der Waals surface area contributed by atoms with E-state index in [1.807, 2.05) is 35.7 Å². The largest absolute Gasteiger partial charge is 0.486 e. The van der Waals surface area contributed by atoms with Gasteiger partial charge in [-0.1, -0.05) is 12.1 Å². The monoisotopic (exact) mass is 426 g/mol. The van der Waals surface area contributed by atoms with Crippen LogP contribution in [0.15, 0.2) is 64.9 Å². The van der Waals surface area contributed by atoms with Crippen molar-refractivity contribution < 1.29 is 19.1 Å². The molecule has 0 fully saturated rings. The van der Waals surface area contributed by atoms with Crippen LogP contribution in [0.3, 0.4) is 0 Å². The first-order valence-electron chi connectivity index (χ1n) is 8.94. The molecule has 0 unspecified atom stereocenters. The molecule has 0 aliphatic carbocycles. The Balaban J connectivity index is 1.32. The fourth-order valence-electron chi connectivity index (χ4n) is 2.73. The van der Waals surface area contributed by atoms with Crippen LogP contribution in [0.1, 0.15) is 9.67 Å². The summed E-state index contributed by atoms with van der Waals surface area (Å²) in [4.78, 5) is 26.0. The number of carbonyl (C=O) groups is 2. The van der Waals surface area contributed by atoms with E-state index in [1.54, 1.807) is 24.3 Å². The van der Waals surface area contributed by atoms with Crippen LogP contribution in [0.2, 0.25) is 0 Å². The fraction of sp³-hybridized carbons (Fsp3) is 0.143. The van der Waals surface area contributed by atoms with Gasteiger partial charge in [-0.25, -0.2) is 0 Å². The van der Waals surface area contributed by atoms with E-state index < -0.39 is 0 Å². The number of rotatable bonds is 6. The average Bonchev–Trinajstić information content (AvgIpc) is 3.28. The number of hydrogen-bond donors (Lipinski definition) is 2. The lowest BCUT2D eigenvalue weighted by atomic mass is 10.2. The summed E-state index contributed by atoms with van der Waals surface area (Å²) in [6.07, 6.45) is 0. The number of thioether (sulfide) groups is 1. The molecule has 6 nitrogen and oxygen atoms in total. The SMILES string of the molecule is O=C(CSc1cccc(NC(=O)c2cccs2)c1)Nc1ccc2c(c1)OCCO2. The molecule has 0 saturated heterocycles. The fourth-order valence-corrected chi connectivity index (χ4v) is 4.11. The van der Waals surface area contributed by atoms with Gasteiger partial charge in [0.25, 0.3) is 5.91 Å². The Kier molecular flexibility index (Phi) is 6.02. The Morgan fingerprint density at radius 2 is 1.76 bits per heavy atom. The maximum atomic E-state index is 12.3. The zero-order valence-corrected chi connectivity index (χ0v) is 17.0. The van der Waals surface area contributed by atoms with Crippen molar-refractivity contribution in [3.8, 4) is 11.5 Å². The van der Waals surface area contributed by atoms with Gasteiger partial charge in [0.15, 0.2) is 11.5 Å². The van der Waals surface area contributed by atoms with Crippen molar-refractivity contribution in [1.29, 1.82) is 0 Å². The first-order chi connectivity index (χ1) is 14.2. The quantitative estimate of drug-likeness (QED) is 0.568. The van der Waals surface area contributed by atoms with Crippen molar-refractivity contribution in [2.24, 2.45) is 0 Å². The average molecular weight is 427 g/mol. The summed E-state index contributed by atoms with van der Waals surface area (Å²) in [5.41, 5.74) is 1.36. The Morgan fingerprint density at radius 1 is 0.931 bits per heavy atom. The van der Waals surface area contributed by atoms with E-state index in [9.17, 15) is 9.59 Å². The molecule has 4 rings (SSSR count). The van der Waals surface area contributed by atoms with Crippen LogP contribution in [0, 0.1) is 0 Å². The zero-order chi connectivity index (χ0) is 20.1. The molecule has 148 valence electrons. The molecule has 1 aliphatic heterocycles. The Hall–Kier alpha value is -2.97. The van der Waals surface area contributed by atoms with Crippen molar-refractivity contribution in [2.75, 3.05) is 29.6 Å². The maximum absolute atomic E-state index is 12.3. The van der Waals surface area contributed by atoms with Crippen LogP contribution in [-0.4, -0.2) is 30.8 Å². The Morgan fingerprint density at radius 3 is 2.59 bits per heavy atom. The third kappa shape index (κ3) is 5.10. The van der Waals surface area contributed by atoms with E-state index in [-0.39, 0.29) is 17.6 Å². The molecule has 0 spiro atoms. The molecule has 3 aromatic rings. The molecule has 0 bridgehead atoms. The normalized spacial score (nSPS) is 12.3. The van der Waals surface area contributed by atoms with E-state index in [1.165, 1.54) is 23.1 Å². The smallest absolute Gasteiger partial charge is 0.265 e. The van der Waals surface area contributed by atoms with Gasteiger partial charge in [-0.15, -0.1) is 23.1 Å². The molecule has 2 amide bonds. The maximum Gasteiger partial charge on any atom is 0.265 e. The number of nitrogens with one attached hydrogen (secondary N) is 2. The zero-order valence-electron chi connectivity index (χ0n) is 15.3. The summed E-state index contributed by atoms with van der Waals surface area (Å²) in [7, 11) is 0. The van der Waals surface area contributed by atoms with E-state index in [4.69, 9.17) is 9.47 Å². The highest BCUT2D eigenvalue weighted by Gasteiger charge is 2.13. The van der Waals surface area contributed by atoms with Gasteiger partial charge in [-0.3, -0.25) is 9.59 Å². The van der Waals surface area contributed by atoms with Gasteiger partial charge in [0.1, 0.15) is 13.2 Å². The van der Waals surface area contributed by atoms with Crippen molar-refractivity contribution in [1.82, 2.24) is 0 Å². The van der Waals surface area contributed by atoms with Gasteiger partial charge in [0.2, 0.25) is 5.91 Å². The van der Waals surface area contributed by atoms with E-state index in [2.05, 4.69) is 10.6 Å². The molecule has 2 aromatic carbocycles. The third-order valence-corrected chi connectivity index (χ3v) is 5.90. The third-order valence-electron chi connectivity index (χ3n) is 4.03. The van der Waals surface area contributed by atoms with Gasteiger partial charge in [-0.05, 0) is 41.8 Å². The number of ether oxygens (including phenoxy) is 2. The molecule has 0 saturated carbocycles. The first kappa shape index (κ1) is 19.4. The number of hydrogen-bond acceptors (Lipinski definition) is 6. The van der Waals surface area contributed by atoms with Crippen molar-refractivity contribution in [3.63, 3.8) is 0 Å². The molecule has 0 radical (unpaired) electrons. The topological polar surface area (TPSA) is 76.7 Å². The van der Waals surface area contributed by atoms with E-state index in [0.29, 0.717) is 41.0 Å². The molecule has 8 heteroatoms. The minimum Gasteiger partial charge on any atom is -0.486 e. The van der Waals surface area contributed by atoms with E-state index in [0.717, 1.165) is 4.90 Å². The van der Waals surface area contributed by atoms with Crippen molar-refractivity contribution >= 4 is 46.3 Å². The molecule has 2 N–H and O–H groups in total. The number of thiophene rings is 1. The van der Waals surface area contributed by atoms with Crippen LogP contribution in [0.25, 0.3) is 0 Å². The van der Waals surface area contributed by atoms with Crippen molar-refractivity contribution in [2.45, 2.75) is 4.90 Å². The summed E-state index contributed by atoms with van der Waals surface area (Å²) in [6.45, 7) is 1.03. The first-order valence-corrected chi connectivity index (χ1v) is 10.8. The minimum atomic E-state index is -0.140. The predicted molar refractivity (Wildman–Crippen MR) is 115 cm³/mol.